The van der Waals surface area contributed by atoms with Crippen molar-refractivity contribution < 1.29 is 19.1 Å². The summed E-state index contributed by atoms with van der Waals surface area (Å²) in [6.07, 6.45) is -1.11. The third kappa shape index (κ3) is 2.40. The maximum Gasteiger partial charge on any atom is 0.294 e. The van der Waals surface area contributed by atoms with Crippen LogP contribution in [0.5, 0.6) is 0 Å². The van der Waals surface area contributed by atoms with Crippen molar-refractivity contribution in [1.29, 1.82) is 0 Å². The van der Waals surface area contributed by atoms with Gasteiger partial charge < -0.3 is 16.6 Å². The molecule has 0 aliphatic heterocycles. The molecule has 0 aliphatic carbocycles. The fraction of sp³-hybridized carbons (Fsp3) is 0.500. The first kappa shape index (κ1) is 8.83. The van der Waals surface area contributed by atoms with Crippen LogP contribution in [0.15, 0.2) is 0 Å². The monoisotopic (exact) mass is 150 g/mol. The highest BCUT2D eigenvalue weighted by atomic mass is 19.2. The summed E-state index contributed by atoms with van der Waals surface area (Å²) in [5.41, 5.74) is 8.82. The first-order chi connectivity index (χ1) is 4.36. The third-order valence-corrected chi connectivity index (χ3v) is 0.786. The van der Waals surface area contributed by atoms with E-state index < -0.39 is 24.1 Å². The van der Waals surface area contributed by atoms with Gasteiger partial charge in [0.1, 0.15) is 0 Å². The molecule has 0 spiro atoms. The molecule has 0 saturated carbocycles. The highest BCUT2D eigenvalue weighted by Crippen LogP contribution is 2.09. The predicted octanol–water partition coefficient (Wildman–Crippen LogP) is -1.99. The van der Waals surface area contributed by atoms with Crippen LogP contribution in [0.2, 0.25) is 0 Å². The average molecular weight is 150 g/mol. The summed E-state index contributed by atoms with van der Waals surface area (Å²) in [7, 11) is 0. The largest absolute Gasteiger partial charge is 0.369 e. The van der Waals surface area contributed by atoms with Gasteiger partial charge in [-0.3, -0.25) is 9.59 Å². The first-order valence-electron chi connectivity index (χ1n) is 2.36. The summed E-state index contributed by atoms with van der Waals surface area (Å²) in [6, 6.07) is 0. The summed E-state index contributed by atoms with van der Waals surface area (Å²) < 4.78 is 12.2. The van der Waals surface area contributed by atoms with Crippen molar-refractivity contribution in [2.45, 2.75) is 12.3 Å². The zero-order chi connectivity index (χ0) is 8.36. The Hall–Kier alpha value is -1.17. The number of alkyl halides is 1. The molecule has 0 aromatic heterocycles. The van der Waals surface area contributed by atoms with E-state index in [4.69, 9.17) is 5.11 Å². The summed E-state index contributed by atoms with van der Waals surface area (Å²) in [5, 5.41) is 8.32. The number of carbonyl (C=O) groups is 2. The molecular weight excluding hydrogens is 143 g/mol. The van der Waals surface area contributed by atoms with Crippen LogP contribution in [0.3, 0.4) is 0 Å². The standard InChI is InChI=1S/C4H7FN2O3/c5-4(10,3(7)9)1-2(6)8/h10H,1H2,(H2,6,8)(H2,7,9). The van der Waals surface area contributed by atoms with Gasteiger partial charge in [0, 0.05) is 0 Å². The highest BCUT2D eigenvalue weighted by molar-refractivity contribution is 5.87. The topological polar surface area (TPSA) is 106 Å². The number of nitrogens with two attached hydrogens (primary N) is 2. The maximum atomic E-state index is 12.2. The smallest absolute Gasteiger partial charge is 0.294 e. The fourth-order valence-corrected chi connectivity index (χ4v) is 0.318. The van der Waals surface area contributed by atoms with Gasteiger partial charge in [-0.25, -0.2) is 4.39 Å². The molecule has 0 aliphatic rings. The van der Waals surface area contributed by atoms with Crippen molar-refractivity contribution in [3.63, 3.8) is 0 Å². The predicted molar refractivity (Wildman–Crippen MR) is 29.1 cm³/mol. The Morgan fingerprint density at radius 1 is 1.50 bits per heavy atom. The second kappa shape index (κ2) is 2.61. The van der Waals surface area contributed by atoms with Crippen molar-refractivity contribution in [2.24, 2.45) is 11.5 Å². The lowest BCUT2D eigenvalue weighted by Crippen LogP contribution is -2.42. The number of halogens is 1. The van der Waals surface area contributed by atoms with Gasteiger partial charge in [0.25, 0.3) is 11.8 Å². The van der Waals surface area contributed by atoms with Gasteiger partial charge in [-0.05, 0) is 0 Å². The van der Waals surface area contributed by atoms with Crippen LogP contribution in [-0.4, -0.2) is 22.8 Å². The Labute approximate surface area is 55.8 Å². The molecular formula is C4H7FN2O3. The van der Waals surface area contributed by atoms with E-state index in [2.05, 4.69) is 11.5 Å². The zero-order valence-corrected chi connectivity index (χ0v) is 5.00. The fourth-order valence-electron chi connectivity index (χ4n) is 0.318. The van der Waals surface area contributed by atoms with Gasteiger partial charge in [0.15, 0.2) is 0 Å². The van der Waals surface area contributed by atoms with Crippen molar-refractivity contribution in [3.05, 3.63) is 0 Å². The number of rotatable bonds is 3. The van der Waals surface area contributed by atoms with Crippen LogP contribution in [0, 0.1) is 0 Å². The van der Waals surface area contributed by atoms with Gasteiger partial charge in [0.05, 0.1) is 6.42 Å². The summed E-state index contributed by atoms with van der Waals surface area (Å²) in [4.78, 5) is 19.9. The van der Waals surface area contributed by atoms with Crippen molar-refractivity contribution in [1.82, 2.24) is 0 Å². The lowest BCUT2D eigenvalue weighted by Gasteiger charge is -2.10. The number of hydrogen-bond donors (Lipinski definition) is 3. The molecule has 58 valence electrons. The molecule has 6 heteroatoms. The van der Waals surface area contributed by atoms with Gasteiger partial charge >= 0.3 is 0 Å². The van der Waals surface area contributed by atoms with E-state index in [9.17, 15) is 14.0 Å². The maximum absolute atomic E-state index is 12.2. The molecule has 2 amide bonds. The Balaban J connectivity index is 4.13. The van der Waals surface area contributed by atoms with Crippen LogP contribution in [0.25, 0.3) is 0 Å². The van der Waals surface area contributed by atoms with Crippen molar-refractivity contribution in [2.75, 3.05) is 0 Å². The van der Waals surface area contributed by atoms with Gasteiger partial charge in [-0.15, -0.1) is 0 Å². The number of hydrogen-bond acceptors (Lipinski definition) is 3. The SMILES string of the molecule is NC(=O)CC(O)(F)C(N)=O. The number of aliphatic hydroxyl groups is 1. The summed E-state index contributed by atoms with van der Waals surface area (Å²) >= 11 is 0. The molecule has 0 bridgehead atoms. The number of primary amides is 2. The Bertz CT molecular complexity index is 168. The molecule has 5 N–H and O–H groups in total. The molecule has 0 aromatic rings. The molecule has 10 heavy (non-hydrogen) atoms. The molecule has 0 aromatic carbocycles. The molecule has 1 atom stereocenters. The molecule has 0 fully saturated rings. The van der Waals surface area contributed by atoms with E-state index >= 15 is 0 Å². The van der Waals surface area contributed by atoms with Crippen molar-refractivity contribution >= 4 is 11.8 Å². The summed E-state index contributed by atoms with van der Waals surface area (Å²) in [6.45, 7) is 0. The van der Waals surface area contributed by atoms with Crippen LogP contribution in [-0.2, 0) is 9.59 Å². The van der Waals surface area contributed by atoms with Crippen LogP contribution >= 0.6 is 0 Å². The minimum absolute atomic E-state index is 1.11. The van der Waals surface area contributed by atoms with E-state index in [0.29, 0.717) is 0 Å². The Kier molecular flexibility index (Phi) is 2.30. The van der Waals surface area contributed by atoms with Crippen LogP contribution in [0.4, 0.5) is 4.39 Å². The molecule has 0 rings (SSSR count). The van der Waals surface area contributed by atoms with E-state index in [-0.39, 0.29) is 0 Å². The van der Waals surface area contributed by atoms with E-state index in [1.807, 2.05) is 0 Å². The third-order valence-electron chi connectivity index (χ3n) is 0.786. The van der Waals surface area contributed by atoms with Crippen molar-refractivity contribution in [3.8, 4) is 0 Å². The van der Waals surface area contributed by atoms with Crippen LogP contribution in [0.1, 0.15) is 6.42 Å². The van der Waals surface area contributed by atoms with E-state index in [0.717, 1.165) is 0 Å². The second-order valence-electron chi connectivity index (χ2n) is 1.77. The molecule has 0 heterocycles. The Morgan fingerprint density at radius 2 is 1.90 bits per heavy atom. The van der Waals surface area contributed by atoms with E-state index in [1.165, 1.54) is 0 Å². The van der Waals surface area contributed by atoms with E-state index in [1.54, 1.807) is 0 Å². The molecule has 5 nitrogen and oxygen atoms in total. The minimum atomic E-state index is -3.31. The zero-order valence-electron chi connectivity index (χ0n) is 5.00. The first-order valence-corrected chi connectivity index (χ1v) is 2.36. The van der Waals surface area contributed by atoms with Gasteiger partial charge in [-0.2, -0.15) is 0 Å². The van der Waals surface area contributed by atoms with Crippen LogP contribution < -0.4 is 11.5 Å². The van der Waals surface area contributed by atoms with Gasteiger partial charge in [-0.1, -0.05) is 0 Å². The Morgan fingerprint density at radius 3 is 2.00 bits per heavy atom. The second-order valence-corrected chi connectivity index (χ2v) is 1.77. The molecule has 1 unspecified atom stereocenters. The van der Waals surface area contributed by atoms with Gasteiger partial charge in [0.2, 0.25) is 5.91 Å². The molecule has 0 saturated heterocycles. The lowest BCUT2D eigenvalue weighted by atomic mass is 10.2. The quantitative estimate of drug-likeness (QED) is 0.433. The highest BCUT2D eigenvalue weighted by Gasteiger charge is 2.35. The normalized spacial score (nSPS) is 15.8. The molecule has 0 radical (unpaired) electrons. The summed E-state index contributed by atoms with van der Waals surface area (Å²) in [5.74, 6) is -6.07. The minimum Gasteiger partial charge on any atom is -0.369 e. The number of carbonyl (C=O) groups excluding carboxylic acids is 2. The number of amides is 2. The lowest BCUT2D eigenvalue weighted by molar-refractivity contribution is -0.161. The average Bonchev–Trinajstić information content (AvgIpc) is 1.60.